The molecule has 0 N–H and O–H groups in total. The van der Waals surface area contributed by atoms with Crippen molar-refractivity contribution in [1.29, 1.82) is 0 Å². The largest absolute Gasteiger partial charge is 0.341 e. The summed E-state index contributed by atoms with van der Waals surface area (Å²) in [5.74, 6) is -0.667. The van der Waals surface area contributed by atoms with Crippen molar-refractivity contribution in [3.63, 3.8) is 0 Å². The van der Waals surface area contributed by atoms with Crippen molar-refractivity contribution >= 4 is 51.8 Å². The summed E-state index contributed by atoms with van der Waals surface area (Å²) in [6.07, 6.45) is 0. The molecule has 0 aliphatic heterocycles. The molecule has 2 aromatic carbocycles. The Morgan fingerprint density at radius 2 is 2.00 bits per heavy atom. The number of aromatic nitrogens is 2. The maximum Gasteiger partial charge on any atom is 0.262 e. The Hall–Kier alpha value is -2.09. The molecule has 0 aliphatic rings. The fourth-order valence-electron chi connectivity index (χ4n) is 2.95. The van der Waals surface area contributed by atoms with Gasteiger partial charge in [0.25, 0.3) is 5.56 Å². The van der Waals surface area contributed by atoms with E-state index in [0.29, 0.717) is 21.1 Å². The van der Waals surface area contributed by atoms with Gasteiger partial charge in [-0.05, 0) is 44.2 Å². The van der Waals surface area contributed by atoms with Gasteiger partial charge in [0.2, 0.25) is 5.91 Å². The molecule has 0 saturated carbocycles. The zero-order valence-electron chi connectivity index (χ0n) is 16.7. The average Bonchev–Trinajstić information content (AvgIpc) is 2.68. The highest BCUT2D eigenvalue weighted by atomic mass is 35.5. The van der Waals surface area contributed by atoms with Gasteiger partial charge in [0.15, 0.2) is 5.16 Å². The number of fused-ring (bicyclic) bond motifs is 1. The molecule has 0 radical (unpaired) electrons. The minimum atomic E-state index is -0.462. The summed E-state index contributed by atoms with van der Waals surface area (Å²) in [6.45, 7) is 3.80. The van der Waals surface area contributed by atoms with Gasteiger partial charge < -0.3 is 4.90 Å². The van der Waals surface area contributed by atoms with Crippen molar-refractivity contribution in [1.82, 2.24) is 14.5 Å². The quantitative estimate of drug-likeness (QED) is 0.370. The molecule has 30 heavy (non-hydrogen) atoms. The number of nitrogens with zero attached hydrogens (tertiary/aromatic N) is 3. The van der Waals surface area contributed by atoms with Crippen molar-refractivity contribution in [2.24, 2.45) is 0 Å². The highest BCUT2D eigenvalue weighted by Crippen LogP contribution is 2.24. The fraction of sp³-hybridized carbons (Fsp3) is 0.286. The number of carbonyl (C=O) groups excluding carboxylic acids is 1. The second-order valence-electron chi connectivity index (χ2n) is 7.06. The SMILES string of the molecule is CC(C)n1c(SCC(=O)N(C)Cc2c(F)cccc2Cl)nc2cc(Cl)ccc2c1=O. The van der Waals surface area contributed by atoms with Gasteiger partial charge in [-0.2, -0.15) is 0 Å². The number of rotatable bonds is 6. The molecule has 5 nitrogen and oxygen atoms in total. The molecule has 9 heteroatoms. The summed E-state index contributed by atoms with van der Waals surface area (Å²) in [5.41, 5.74) is 0.552. The van der Waals surface area contributed by atoms with E-state index in [-0.39, 0.29) is 40.4 Å². The lowest BCUT2D eigenvalue weighted by atomic mass is 10.2. The lowest BCUT2D eigenvalue weighted by Gasteiger charge is -2.20. The molecule has 0 fully saturated rings. The number of hydrogen-bond donors (Lipinski definition) is 0. The maximum absolute atomic E-state index is 14.0. The second-order valence-corrected chi connectivity index (χ2v) is 8.85. The summed E-state index contributed by atoms with van der Waals surface area (Å²) in [5, 5.41) is 1.64. The molecule has 0 bridgehead atoms. The van der Waals surface area contributed by atoms with Crippen LogP contribution in [0.15, 0.2) is 46.3 Å². The number of halogens is 3. The first kappa shape index (κ1) is 22.6. The fourth-order valence-corrected chi connectivity index (χ4v) is 4.41. The van der Waals surface area contributed by atoms with Crippen LogP contribution in [0.25, 0.3) is 10.9 Å². The third kappa shape index (κ3) is 4.79. The van der Waals surface area contributed by atoms with E-state index >= 15 is 0 Å². The zero-order chi connectivity index (χ0) is 22.0. The number of benzene rings is 2. The van der Waals surface area contributed by atoms with Gasteiger partial charge in [-0.15, -0.1) is 0 Å². The van der Waals surface area contributed by atoms with Gasteiger partial charge in [0.1, 0.15) is 5.82 Å². The van der Waals surface area contributed by atoms with Crippen molar-refractivity contribution in [3.05, 3.63) is 68.2 Å². The third-order valence-electron chi connectivity index (χ3n) is 4.56. The van der Waals surface area contributed by atoms with Crippen molar-refractivity contribution in [2.45, 2.75) is 31.6 Å². The van der Waals surface area contributed by atoms with E-state index in [4.69, 9.17) is 23.2 Å². The maximum atomic E-state index is 14.0. The van der Waals surface area contributed by atoms with Crippen LogP contribution >= 0.6 is 35.0 Å². The molecule has 0 unspecified atom stereocenters. The van der Waals surface area contributed by atoms with E-state index in [0.717, 1.165) is 11.8 Å². The molecule has 3 rings (SSSR count). The van der Waals surface area contributed by atoms with E-state index in [9.17, 15) is 14.0 Å². The van der Waals surface area contributed by atoms with Gasteiger partial charge in [0, 0.05) is 35.2 Å². The molecule has 1 heterocycles. The summed E-state index contributed by atoms with van der Waals surface area (Å²) >= 11 is 13.2. The molecule has 1 aromatic heterocycles. The Morgan fingerprint density at radius 1 is 1.27 bits per heavy atom. The first-order chi connectivity index (χ1) is 14.2. The van der Waals surface area contributed by atoms with E-state index in [1.165, 1.54) is 17.0 Å². The molecule has 0 aliphatic carbocycles. The number of thioether (sulfide) groups is 1. The summed E-state index contributed by atoms with van der Waals surface area (Å²) < 4.78 is 15.6. The van der Waals surface area contributed by atoms with Crippen molar-refractivity contribution < 1.29 is 9.18 Å². The zero-order valence-corrected chi connectivity index (χ0v) is 19.0. The number of hydrogen-bond acceptors (Lipinski definition) is 4. The van der Waals surface area contributed by atoms with Crippen LogP contribution in [0.5, 0.6) is 0 Å². The van der Waals surface area contributed by atoms with E-state index in [2.05, 4.69) is 4.98 Å². The molecular weight excluding hydrogens is 448 g/mol. The van der Waals surface area contributed by atoms with Crippen LogP contribution in [0, 0.1) is 5.82 Å². The lowest BCUT2D eigenvalue weighted by molar-refractivity contribution is -0.127. The average molecular weight is 468 g/mol. The minimum Gasteiger partial charge on any atom is -0.341 e. The molecule has 3 aromatic rings. The monoisotopic (exact) mass is 467 g/mol. The highest BCUT2D eigenvalue weighted by Gasteiger charge is 2.18. The van der Waals surface area contributed by atoms with Crippen LogP contribution in [-0.4, -0.2) is 33.2 Å². The molecule has 158 valence electrons. The van der Waals surface area contributed by atoms with E-state index < -0.39 is 5.82 Å². The first-order valence-corrected chi connectivity index (χ1v) is 10.9. The van der Waals surface area contributed by atoms with Gasteiger partial charge in [-0.25, -0.2) is 9.37 Å². The standard InChI is InChI=1S/C21H20Cl2FN3O2S/c1-12(2)27-20(29)14-8-7-13(22)9-18(14)25-21(27)30-11-19(28)26(3)10-15-16(23)5-4-6-17(15)24/h4-9,12H,10-11H2,1-3H3. The van der Waals surface area contributed by atoms with E-state index in [1.807, 2.05) is 13.8 Å². The Morgan fingerprint density at radius 3 is 2.67 bits per heavy atom. The Labute approximate surface area is 187 Å². The predicted octanol–water partition coefficient (Wildman–Crippen LogP) is 5.17. The van der Waals surface area contributed by atoms with Gasteiger partial charge >= 0.3 is 0 Å². The molecule has 0 saturated heterocycles. The topological polar surface area (TPSA) is 55.2 Å². The smallest absolute Gasteiger partial charge is 0.262 e. The Bertz CT molecular complexity index is 1150. The minimum absolute atomic E-state index is 0.0355. The van der Waals surface area contributed by atoms with Crippen LogP contribution < -0.4 is 5.56 Å². The summed E-state index contributed by atoms with van der Waals surface area (Å²) in [7, 11) is 1.58. The van der Waals surface area contributed by atoms with Crippen molar-refractivity contribution in [3.8, 4) is 0 Å². The number of amides is 1. The lowest BCUT2D eigenvalue weighted by Crippen LogP contribution is -2.29. The normalized spacial score (nSPS) is 11.3. The summed E-state index contributed by atoms with van der Waals surface area (Å²) in [6, 6.07) is 9.19. The third-order valence-corrected chi connectivity index (χ3v) is 6.08. The van der Waals surface area contributed by atoms with Crippen LogP contribution in [-0.2, 0) is 11.3 Å². The van der Waals surface area contributed by atoms with Crippen LogP contribution in [0.4, 0.5) is 4.39 Å². The predicted molar refractivity (Wildman–Crippen MR) is 120 cm³/mol. The van der Waals surface area contributed by atoms with Crippen LogP contribution in [0.1, 0.15) is 25.5 Å². The van der Waals surface area contributed by atoms with Crippen LogP contribution in [0.2, 0.25) is 10.0 Å². The Balaban J connectivity index is 1.83. The molecule has 0 spiro atoms. The summed E-state index contributed by atoms with van der Waals surface area (Å²) in [4.78, 5) is 31.5. The van der Waals surface area contributed by atoms with E-state index in [1.54, 1.807) is 35.9 Å². The van der Waals surface area contributed by atoms with Gasteiger partial charge in [0.05, 0.1) is 16.7 Å². The molecular formula is C21H20Cl2FN3O2S. The second kappa shape index (κ2) is 9.37. The van der Waals surface area contributed by atoms with Crippen molar-refractivity contribution in [2.75, 3.05) is 12.8 Å². The number of carbonyl (C=O) groups is 1. The molecule has 1 amide bonds. The van der Waals surface area contributed by atoms with Gasteiger partial charge in [-0.3, -0.25) is 14.2 Å². The Kier molecular flexibility index (Phi) is 7.06. The molecule has 0 atom stereocenters. The highest BCUT2D eigenvalue weighted by molar-refractivity contribution is 7.99. The van der Waals surface area contributed by atoms with Gasteiger partial charge in [-0.1, -0.05) is 41.0 Å². The first-order valence-electron chi connectivity index (χ1n) is 9.20. The van der Waals surface area contributed by atoms with Crippen LogP contribution in [0.3, 0.4) is 0 Å².